The van der Waals surface area contributed by atoms with Crippen molar-refractivity contribution in [3.05, 3.63) is 36.7 Å². The summed E-state index contributed by atoms with van der Waals surface area (Å²) in [6, 6.07) is 7.04. The highest BCUT2D eigenvalue weighted by Gasteiger charge is 2.00. The van der Waals surface area contributed by atoms with Gasteiger partial charge in [-0.05, 0) is 24.0 Å². The van der Waals surface area contributed by atoms with Gasteiger partial charge >= 0.3 is 0 Å². The quantitative estimate of drug-likeness (QED) is 0.621. The molecule has 0 saturated heterocycles. The van der Waals surface area contributed by atoms with E-state index >= 15 is 0 Å². The minimum atomic E-state index is 0.251. The van der Waals surface area contributed by atoms with Gasteiger partial charge in [0.2, 0.25) is 0 Å². The van der Waals surface area contributed by atoms with Crippen LogP contribution in [-0.2, 0) is 0 Å². The van der Waals surface area contributed by atoms with Gasteiger partial charge < -0.3 is 5.11 Å². The number of nitrogens with zero attached hydrogens (tertiary/aromatic N) is 2. The monoisotopic (exact) mass is 218 g/mol. The maximum atomic E-state index is 9.33. The Morgan fingerprint density at radius 3 is 2.47 bits per heavy atom. The van der Waals surface area contributed by atoms with Crippen LogP contribution >= 0.6 is 11.8 Å². The zero-order valence-electron chi connectivity index (χ0n) is 8.21. The van der Waals surface area contributed by atoms with Gasteiger partial charge in [-0.15, -0.1) is 0 Å². The van der Waals surface area contributed by atoms with Crippen molar-refractivity contribution in [3.63, 3.8) is 0 Å². The highest BCUT2D eigenvalue weighted by molar-refractivity contribution is 7.98. The number of hydrogen-bond donors (Lipinski definition) is 1. The summed E-state index contributed by atoms with van der Waals surface area (Å²) >= 11 is 1.50. The summed E-state index contributed by atoms with van der Waals surface area (Å²) in [7, 11) is 0. The van der Waals surface area contributed by atoms with E-state index in [4.69, 9.17) is 0 Å². The Balaban J connectivity index is 2.37. The lowest BCUT2D eigenvalue weighted by Gasteiger charge is -2.01. The van der Waals surface area contributed by atoms with Crippen LogP contribution in [0.2, 0.25) is 0 Å². The number of aromatic nitrogens is 2. The van der Waals surface area contributed by atoms with Gasteiger partial charge in [0.25, 0.3) is 0 Å². The topological polar surface area (TPSA) is 46.0 Å². The van der Waals surface area contributed by atoms with Gasteiger partial charge in [0, 0.05) is 18.0 Å². The molecule has 0 aliphatic heterocycles. The second kappa shape index (κ2) is 4.31. The molecule has 1 heterocycles. The first-order valence-corrected chi connectivity index (χ1v) is 5.67. The van der Waals surface area contributed by atoms with Crippen molar-refractivity contribution in [1.29, 1.82) is 0 Å². The van der Waals surface area contributed by atoms with Crippen LogP contribution in [-0.4, -0.2) is 21.3 Å². The molecule has 1 aromatic heterocycles. The molecule has 0 spiro atoms. The van der Waals surface area contributed by atoms with Gasteiger partial charge in [-0.3, -0.25) is 0 Å². The third-order valence-electron chi connectivity index (χ3n) is 1.99. The third-order valence-corrected chi connectivity index (χ3v) is 2.57. The highest BCUT2D eigenvalue weighted by Crippen LogP contribution is 2.22. The average Bonchev–Trinajstić information content (AvgIpc) is 2.29. The minimum Gasteiger partial charge on any atom is -0.508 e. The van der Waals surface area contributed by atoms with E-state index in [1.54, 1.807) is 30.6 Å². The number of rotatable bonds is 2. The van der Waals surface area contributed by atoms with Crippen LogP contribution in [0.5, 0.6) is 5.75 Å². The van der Waals surface area contributed by atoms with Crippen LogP contribution in [0.25, 0.3) is 11.1 Å². The molecule has 0 atom stereocenters. The Labute approximate surface area is 92.2 Å². The van der Waals surface area contributed by atoms with E-state index in [0.717, 1.165) is 16.3 Å². The Morgan fingerprint density at radius 1 is 1.13 bits per heavy atom. The van der Waals surface area contributed by atoms with Crippen LogP contribution in [0, 0.1) is 0 Å². The molecule has 2 rings (SSSR count). The van der Waals surface area contributed by atoms with Crippen LogP contribution < -0.4 is 0 Å². The molecule has 0 aliphatic carbocycles. The van der Waals surface area contributed by atoms with E-state index in [1.807, 2.05) is 12.3 Å². The molecule has 4 heteroatoms. The van der Waals surface area contributed by atoms with E-state index in [2.05, 4.69) is 9.97 Å². The van der Waals surface area contributed by atoms with Gasteiger partial charge in [0.15, 0.2) is 5.16 Å². The molecule has 0 amide bonds. The number of hydrogen-bond acceptors (Lipinski definition) is 4. The molecular formula is C11H10N2OS. The van der Waals surface area contributed by atoms with Gasteiger partial charge in [0.05, 0.1) is 0 Å². The summed E-state index contributed by atoms with van der Waals surface area (Å²) in [5, 5.41) is 10.1. The van der Waals surface area contributed by atoms with Crippen molar-refractivity contribution >= 4 is 11.8 Å². The first-order valence-electron chi connectivity index (χ1n) is 4.45. The minimum absolute atomic E-state index is 0.251. The first-order chi connectivity index (χ1) is 7.29. The lowest BCUT2D eigenvalue weighted by atomic mass is 10.1. The van der Waals surface area contributed by atoms with Gasteiger partial charge in [-0.2, -0.15) is 0 Å². The number of phenolic OH excluding ortho intramolecular Hbond substituents is 1. The van der Waals surface area contributed by atoms with Crippen LogP contribution in [0.4, 0.5) is 0 Å². The van der Waals surface area contributed by atoms with Crippen LogP contribution in [0.3, 0.4) is 0 Å². The fraction of sp³-hybridized carbons (Fsp3) is 0.0909. The van der Waals surface area contributed by atoms with Crippen molar-refractivity contribution < 1.29 is 5.11 Å². The van der Waals surface area contributed by atoms with E-state index in [9.17, 15) is 5.11 Å². The van der Waals surface area contributed by atoms with E-state index in [0.29, 0.717) is 0 Å². The van der Waals surface area contributed by atoms with Crippen molar-refractivity contribution in [3.8, 4) is 16.9 Å². The third kappa shape index (κ3) is 2.27. The number of aromatic hydroxyl groups is 1. The molecule has 0 bridgehead atoms. The second-order valence-electron chi connectivity index (χ2n) is 3.01. The van der Waals surface area contributed by atoms with Gasteiger partial charge in [-0.1, -0.05) is 23.9 Å². The fourth-order valence-electron chi connectivity index (χ4n) is 1.26. The average molecular weight is 218 g/mol. The van der Waals surface area contributed by atoms with E-state index in [-0.39, 0.29) is 5.75 Å². The summed E-state index contributed by atoms with van der Waals surface area (Å²) in [5.74, 6) is 0.251. The summed E-state index contributed by atoms with van der Waals surface area (Å²) in [4.78, 5) is 8.35. The number of phenols is 1. The lowest BCUT2D eigenvalue weighted by molar-refractivity contribution is 0.475. The standard InChI is InChI=1S/C11H10N2OS/c1-15-11-12-6-9(7-13-11)8-3-2-4-10(14)5-8/h2-7,14H,1H3. The predicted molar refractivity (Wildman–Crippen MR) is 60.9 cm³/mol. The predicted octanol–water partition coefficient (Wildman–Crippen LogP) is 2.57. The summed E-state index contributed by atoms with van der Waals surface area (Å²) in [6.45, 7) is 0. The smallest absolute Gasteiger partial charge is 0.187 e. The Bertz CT molecular complexity index is 456. The first kappa shape index (κ1) is 9.98. The normalized spacial score (nSPS) is 10.2. The molecule has 0 fully saturated rings. The molecule has 0 radical (unpaired) electrons. The van der Waals surface area contributed by atoms with Gasteiger partial charge in [-0.25, -0.2) is 9.97 Å². The SMILES string of the molecule is CSc1ncc(-c2cccc(O)c2)cn1. The number of thioether (sulfide) groups is 1. The molecule has 1 aromatic carbocycles. The van der Waals surface area contributed by atoms with E-state index in [1.165, 1.54) is 11.8 Å². The second-order valence-corrected chi connectivity index (χ2v) is 3.78. The van der Waals surface area contributed by atoms with Crippen molar-refractivity contribution in [2.45, 2.75) is 5.16 Å². The largest absolute Gasteiger partial charge is 0.508 e. The molecule has 0 aliphatic rings. The molecule has 1 N–H and O–H groups in total. The van der Waals surface area contributed by atoms with Crippen molar-refractivity contribution in [1.82, 2.24) is 9.97 Å². The van der Waals surface area contributed by atoms with E-state index < -0.39 is 0 Å². The van der Waals surface area contributed by atoms with Crippen molar-refractivity contribution in [2.24, 2.45) is 0 Å². The van der Waals surface area contributed by atoms with Gasteiger partial charge in [0.1, 0.15) is 5.75 Å². The number of benzene rings is 1. The molecule has 76 valence electrons. The van der Waals surface area contributed by atoms with Crippen molar-refractivity contribution in [2.75, 3.05) is 6.26 Å². The molecule has 3 nitrogen and oxygen atoms in total. The zero-order valence-corrected chi connectivity index (χ0v) is 9.03. The van der Waals surface area contributed by atoms with Crippen LogP contribution in [0.1, 0.15) is 0 Å². The molecular weight excluding hydrogens is 208 g/mol. The maximum Gasteiger partial charge on any atom is 0.187 e. The zero-order chi connectivity index (χ0) is 10.7. The Morgan fingerprint density at radius 2 is 1.87 bits per heavy atom. The summed E-state index contributed by atoms with van der Waals surface area (Å²) in [5.41, 5.74) is 1.83. The molecule has 0 saturated carbocycles. The lowest BCUT2D eigenvalue weighted by Crippen LogP contribution is -1.86. The fourth-order valence-corrected chi connectivity index (χ4v) is 1.57. The van der Waals surface area contributed by atoms with Crippen LogP contribution in [0.15, 0.2) is 41.8 Å². The maximum absolute atomic E-state index is 9.33. The Kier molecular flexibility index (Phi) is 2.87. The molecule has 2 aromatic rings. The molecule has 15 heavy (non-hydrogen) atoms. The summed E-state index contributed by atoms with van der Waals surface area (Å²) in [6.07, 6.45) is 5.45. The molecule has 0 unspecified atom stereocenters. The summed E-state index contributed by atoms with van der Waals surface area (Å²) < 4.78 is 0. The highest BCUT2D eigenvalue weighted by atomic mass is 32.2. The Hall–Kier alpha value is -1.55.